The molecule has 0 aliphatic heterocycles. The molecule has 0 spiro atoms. The number of thiophene rings is 1. The normalized spacial score (nSPS) is 14.0. The van der Waals surface area contributed by atoms with Gasteiger partial charge in [-0.25, -0.2) is 4.98 Å². The van der Waals surface area contributed by atoms with Crippen molar-refractivity contribution in [2.45, 2.75) is 46.5 Å². The summed E-state index contributed by atoms with van der Waals surface area (Å²) in [5.41, 5.74) is 6.25. The number of nitrogens with one attached hydrogen (secondary N) is 1. The average Bonchev–Trinajstić information content (AvgIpc) is 2.88. The molecule has 1 aromatic carbocycles. The number of benzene rings is 1. The van der Waals surface area contributed by atoms with Gasteiger partial charge in [-0.2, -0.15) is 4.98 Å². The van der Waals surface area contributed by atoms with Gasteiger partial charge in [0, 0.05) is 10.6 Å². The van der Waals surface area contributed by atoms with Crippen LogP contribution in [0, 0.1) is 20.8 Å². The van der Waals surface area contributed by atoms with Crippen LogP contribution in [0.3, 0.4) is 0 Å². The Bertz CT molecular complexity index is 922. The minimum absolute atomic E-state index is 0.311. The van der Waals surface area contributed by atoms with Crippen LogP contribution in [0.2, 0.25) is 5.28 Å². The van der Waals surface area contributed by atoms with Crippen molar-refractivity contribution in [3.63, 3.8) is 0 Å². The second-order valence-corrected chi connectivity index (χ2v) is 8.05. The van der Waals surface area contributed by atoms with Gasteiger partial charge in [0.15, 0.2) is 0 Å². The molecule has 0 atom stereocenters. The van der Waals surface area contributed by atoms with Gasteiger partial charge in [-0.3, -0.25) is 0 Å². The Morgan fingerprint density at radius 1 is 1.04 bits per heavy atom. The van der Waals surface area contributed by atoms with E-state index in [4.69, 9.17) is 11.6 Å². The second kappa shape index (κ2) is 6.01. The molecule has 0 bridgehead atoms. The van der Waals surface area contributed by atoms with Crippen molar-refractivity contribution >= 4 is 44.7 Å². The van der Waals surface area contributed by atoms with E-state index in [0.717, 1.165) is 29.2 Å². The van der Waals surface area contributed by atoms with Crippen LogP contribution in [0.4, 0.5) is 11.5 Å². The molecule has 0 amide bonds. The van der Waals surface area contributed by atoms with E-state index in [0.29, 0.717) is 5.28 Å². The Balaban J connectivity index is 1.89. The van der Waals surface area contributed by atoms with Crippen molar-refractivity contribution in [3.8, 4) is 0 Å². The standard InChI is InChI=1S/C19H20ClN3S/c1-10-8-11(2)16(12(3)9-10)21-17-15-13-6-4-5-7-14(13)24-18(15)23-19(20)22-17/h8-9H,4-7H2,1-3H3,(H,21,22,23). The largest absolute Gasteiger partial charge is 0.339 e. The number of aryl methyl sites for hydroxylation is 5. The minimum atomic E-state index is 0.311. The fourth-order valence-corrected chi connectivity index (χ4v) is 5.20. The highest BCUT2D eigenvalue weighted by molar-refractivity contribution is 7.19. The Kier molecular flexibility index (Phi) is 3.97. The summed E-state index contributed by atoms with van der Waals surface area (Å²) in [4.78, 5) is 11.5. The van der Waals surface area contributed by atoms with Crippen LogP contribution >= 0.6 is 22.9 Å². The van der Waals surface area contributed by atoms with Crippen molar-refractivity contribution in [1.82, 2.24) is 9.97 Å². The van der Waals surface area contributed by atoms with Crippen molar-refractivity contribution in [2.24, 2.45) is 0 Å². The molecule has 0 radical (unpaired) electrons. The van der Waals surface area contributed by atoms with Crippen LogP contribution in [0.25, 0.3) is 10.2 Å². The lowest BCUT2D eigenvalue weighted by molar-refractivity contribution is 0.700. The molecule has 24 heavy (non-hydrogen) atoms. The number of anilines is 2. The number of hydrogen-bond donors (Lipinski definition) is 1. The Hall–Kier alpha value is -1.65. The van der Waals surface area contributed by atoms with Gasteiger partial charge in [-0.1, -0.05) is 17.7 Å². The first-order chi connectivity index (χ1) is 11.5. The minimum Gasteiger partial charge on any atom is -0.339 e. The highest BCUT2D eigenvalue weighted by Crippen LogP contribution is 2.40. The Morgan fingerprint density at radius 3 is 2.50 bits per heavy atom. The quantitative estimate of drug-likeness (QED) is 0.581. The van der Waals surface area contributed by atoms with Crippen molar-refractivity contribution in [1.29, 1.82) is 0 Å². The third-order valence-corrected chi connectivity index (χ3v) is 6.06. The SMILES string of the molecule is Cc1cc(C)c(Nc2nc(Cl)nc3sc4c(c23)CCCC4)c(C)c1. The third-order valence-electron chi connectivity index (χ3n) is 4.71. The van der Waals surface area contributed by atoms with E-state index in [2.05, 4.69) is 48.2 Å². The molecule has 124 valence electrons. The lowest BCUT2D eigenvalue weighted by Gasteiger charge is -2.16. The number of hydrogen-bond acceptors (Lipinski definition) is 4. The van der Waals surface area contributed by atoms with Crippen LogP contribution in [0.5, 0.6) is 0 Å². The van der Waals surface area contributed by atoms with Crippen LogP contribution in [0.1, 0.15) is 40.0 Å². The van der Waals surface area contributed by atoms with Gasteiger partial charge in [-0.15, -0.1) is 11.3 Å². The molecule has 0 saturated carbocycles. The summed E-state index contributed by atoms with van der Waals surface area (Å²) in [6.45, 7) is 6.38. The van der Waals surface area contributed by atoms with Gasteiger partial charge in [0.1, 0.15) is 10.6 Å². The molecule has 2 heterocycles. The number of halogens is 1. The number of nitrogens with zero attached hydrogens (tertiary/aromatic N) is 2. The van der Waals surface area contributed by atoms with E-state index in [-0.39, 0.29) is 0 Å². The van der Waals surface area contributed by atoms with Crippen LogP contribution in [0.15, 0.2) is 12.1 Å². The number of fused-ring (bicyclic) bond motifs is 3. The maximum absolute atomic E-state index is 6.20. The Labute approximate surface area is 151 Å². The molecule has 1 aliphatic carbocycles. The zero-order valence-electron chi connectivity index (χ0n) is 14.2. The molecule has 2 aromatic heterocycles. The van der Waals surface area contributed by atoms with Crippen molar-refractivity contribution in [2.75, 3.05) is 5.32 Å². The average molecular weight is 358 g/mol. The highest BCUT2D eigenvalue weighted by Gasteiger charge is 2.21. The maximum Gasteiger partial charge on any atom is 0.225 e. The lowest BCUT2D eigenvalue weighted by atomic mass is 9.97. The van der Waals surface area contributed by atoms with Crippen molar-refractivity contribution < 1.29 is 0 Å². The summed E-state index contributed by atoms with van der Waals surface area (Å²) in [5, 5.41) is 5.04. The third kappa shape index (κ3) is 2.68. The fraction of sp³-hybridized carbons (Fsp3) is 0.368. The summed E-state index contributed by atoms with van der Waals surface area (Å²) in [5.74, 6) is 0.847. The second-order valence-electron chi connectivity index (χ2n) is 6.63. The highest BCUT2D eigenvalue weighted by atomic mass is 35.5. The fourth-order valence-electron chi connectivity index (χ4n) is 3.72. The molecular weight excluding hydrogens is 338 g/mol. The van der Waals surface area contributed by atoms with E-state index in [9.17, 15) is 0 Å². The van der Waals surface area contributed by atoms with E-state index < -0.39 is 0 Å². The zero-order chi connectivity index (χ0) is 16.8. The molecule has 0 fully saturated rings. The van der Waals surface area contributed by atoms with Crippen LogP contribution in [-0.4, -0.2) is 9.97 Å². The predicted molar refractivity (Wildman–Crippen MR) is 103 cm³/mol. The first-order valence-electron chi connectivity index (χ1n) is 8.35. The van der Waals surface area contributed by atoms with E-state index in [1.807, 2.05) is 0 Å². The summed E-state index contributed by atoms with van der Waals surface area (Å²) < 4.78 is 0. The molecule has 3 aromatic rings. The van der Waals surface area contributed by atoms with E-state index in [1.54, 1.807) is 11.3 Å². The van der Waals surface area contributed by atoms with Crippen molar-refractivity contribution in [3.05, 3.63) is 44.5 Å². The Morgan fingerprint density at radius 2 is 1.75 bits per heavy atom. The molecule has 4 rings (SSSR count). The summed E-state index contributed by atoms with van der Waals surface area (Å²) in [6, 6.07) is 4.39. The molecule has 1 aliphatic rings. The molecule has 1 N–H and O–H groups in total. The van der Waals surface area contributed by atoms with Gasteiger partial charge in [0.05, 0.1) is 5.39 Å². The summed E-state index contributed by atoms with van der Waals surface area (Å²) in [6.07, 6.45) is 4.76. The first kappa shape index (κ1) is 15.9. The molecule has 0 saturated heterocycles. The molecular formula is C19H20ClN3S. The molecule has 3 nitrogen and oxygen atoms in total. The molecule has 5 heteroatoms. The summed E-state index contributed by atoms with van der Waals surface area (Å²) in [7, 11) is 0. The topological polar surface area (TPSA) is 37.8 Å². The smallest absolute Gasteiger partial charge is 0.225 e. The molecule has 0 unspecified atom stereocenters. The van der Waals surface area contributed by atoms with Crippen LogP contribution < -0.4 is 5.32 Å². The van der Waals surface area contributed by atoms with E-state index >= 15 is 0 Å². The van der Waals surface area contributed by atoms with Gasteiger partial charge >= 0.3 is 0 Å². The number of aromatic nitrogens is 2. The first-order valence-corrected chi connectivity index (χ1v) is 9.55. The zero-order valence-corrected chi connectivity index (χ0v) is 15.7. The van der Waals surface area contributed by atoms with Crippen LogP contribution in [-0.2, 0) is 12.8 Å². The van der Waals surface area contributed by atoms with Gasteiger partial charge < -0.3 is 5.32 Å². The van der Waals surface area contributed by atoms with Gasteiger partial charge in [0.25, 0.3) is 0 Å². The lowest BCUT2D eigenvalue weighted by Crippen LogP contribution is -2.03. The monoisotopic (exact) mass is 357 g/mol. The predicted octanol–water partition coefficient (Wildman–Crippen LogP) is 5.89. The van der Waals surface area contributed by atoms with E-state index in [1.165, 1.54) is 45.4 Å². The maximum atomic E-state index is 6.20. The van der Waals surface area contributed by atoms with Gasteiger partial charge in [-0.05, 0) is 74.7 Å². The summed E-state index contributed by atoms with van der Waals surface area (Å²) >= 11 is 7.98. The van der Waals surface area contributed by atoms with Gasteiger partial charge in [0.2, 0.25) is 5.28 Å². The number of rotatable bonds is 2.